The number of anilines is 1. The number of imidazole rings is 1. The molecule has 25 heavy (non-hydrogen) atoms. The number of H-pyrrole nitrogens is 1. The van der Waals surface area contributed by atoms with Gasteiger partial charge in [-0.25, -0.2) is 4.98 Å². The predicted molar refractivity (Wildman–Crippen MR) is 98.6 cm³/mol. The van der Waals surface area contributed by atoms with Crippen LogP contribution in [0.15, 0.2) is 60.9 Å². The van der Waals surface area contributed by atoms with Crippen molar-refractivity contribution in [1.82, 2.24) is 9.97 Å². The molecule has 0 aliphatic heterocycles. The zero-order valence-corrected chi connectivity index (χ0v) is 14.2. The van der Waals surface area contributed by atoms with E-state index in [9.17, 15) is 4.79 Å². The molecule has 0 atom stereocenters. The number of aromatic nitrogens is 2. The number of carbonyl (C=O) groups excluding carboxylic acids is 1. The highest BCUT2D eigenvalue weighted by atomic mass is 16.5. The maximum Gasteiger partial charge on any atom is 0.224 e. The first kappa shape index (κ1) is 16.8. The largest absolute Gasteiger partial charge is 0.494 e. The van der Waals surface area contributed by atoms with Crippen LogP contribution in [-0.2, 0) is 4.79 Å². The third kappa shape index (κ3) is 4.70. The Bertz CT molecular complexity index is 810. The van der Waals surface area contributed by atoms with Crippen molar-refractivity contribution in [2.45, 2.75) is 19.8 Å². The number of nitrogens with one attached hydrogen (secondary N) is 2. The summed E-state index contributed by atoms with van der Waals surface area (Å²) in [6.45, 7) is 2.50. The average Bonchev–Trinajstić information content (AvgIpc) is 3.06. The fraction of sp³-hybridized carbons (Fsp3) is 0.200. The van der Waals surface area contributed by atoms with Gasteiger partial charge in [0.1, 0.15) is 5.75 Å². The number of ether oxygens (including phenoxy) is 1. The number of carbonyl (C=O) groups is 1. The number of aryl methyl sites for hydroxylation is 1. The van der Waals surface area contributed by atoms with E-state index in [1.165, 1.54) is 0 Å². The minimum absolute atomic E-state index is 0.0136. The van der Waals surface area contributed by atoms with Crippen molar-refractivity contribution in [3.8, 4) is 17.0 Å². The highest BCUT2D eigenvalue weighted by Gasteiger charge is 2.06. The van der Waals surface area contributed by atoms with Crippen molar-refractivity contribution >= 4 is 11.6 Å². The smallest absolute Gasteiger partial charge is 0.224 e. The van der Waals surface area contributed by atoms with E-state index >= 15 is 0 Å². The fourth-order valence-corrected chi connectivity index (χ4v) is 2.52. The summed E-state index contributed by atoms with van der Waals surface area (Å²) in [4.78, 5) is 19.4. The number of hydrogen-bond donors (Lipinski definition) is 2. The van der Waals surface area contributed by atoms with Crippen LogP contribution in [-0.4, -0.2) is 22.5 Å². The van der Waals surface area contributed by atoms with Gasteiger partial charge in [0.25, 0.3) is 0 Å². The topological polar surface area (TPSA) is 67.0 Å². The number of nitrogens with zero attached hydrogens (tertiary/aromatic N) is 1. The van der Waals surface area contributed by atoms with E-state index in [1.807, 2.05) is 61.5 Å². The van der Waals surface area contributed by atoms with E-state index < -0.39 is 0 Å². The SMILES string of the molecule is Cc1[nH]cnc1-c1ccc(NC(=O)CCCOc2ccccc2)cc1. The Labute approximate surface area is 147 Å². The molecular weight excluding hydrogens is 314 g/mol. The van der Waals surface area contributed by atoms with Crippen LogP contribution in [0, 0.1) is 6.92 Å². The van der Waals surface area contributed by atoms with Crippen LogP contribution in [0.25, 0.3) is 11.3 Å². The molecule has 3 rings (SSSR count). The second-order valence-corrected chi connectivity index (χ2v) is 5.77. The van der Waals surface area contributed by atoms with Gasteiger partial charge in [-0.2, -0.15) is 0 Å². The molecule has 1 amide bonds. The van der Waals surface area contributed by atoms with Crippen molar-refractivity contribution in [2.24, 2.45) is 0 Å². The summed E-state index contributed by atoms with van der Waals surface area (Å²) in [5, 5.41) is 2.90. The number of rotatable bonds is 7. The minimum atomic E-state index is -0.0136. The Morgan fingerprint density at radius 1 is 1.12 bits per heavy atom. The Morgan fingerprint density at radius 2 is 1.88 bits per heavy atom. The monoisotopic (exact) mass is 335 g/mol. The third-order valence-electron chi connectivity index (χ3n) is 3.83. The second-order valence-electron chi connectivity index (χ2n) is 5.77. The lowest BCUT2D eigenvalue weighted by Gasteiger charge is -2.08. The molecule has 3 aromatic rings. The van der Waals surface area contributed by atoms with Crippen LogP contribution in [0.3, 0.4) is 0 Å². The molecule has 0 fully saturated rings. The quantitative estimate of drug-likeness (QED) is 0.636. The van der Waals surface area contributed by atoms with E-state index in [4.69, 9.17) is 4.74 Å². The maximum atomic E-state index is 12.0. The normalized spacial score (nSPS) is 10.4. The first-order valence-corrected chi connectivity index (χ1v) is 8.30. The lowest BCUT2D eigenvalue weighted by Crippen LogP contribution is -2.12. The first-order valence-electron chi connectivity index (χ1n) is 8.30. The van der Waals surface area contributed by atoms with Crippen LogP contribution in [0.2, 0.25) is 0 Å². The summed E-state index contributed by atoms with van der Waals surface area (Å²) in [5.41, 5.74) is 3.75. The summed E-state index contributed by atoms with van der Waals surface area (Å²) < 4.78 is 5.58. The third-order valence-corrected chi connectivity index (χ3v) is 3.83. The molecule has 0 aliphatic carbocycles. The Morgan fingerprint density at radius 3 is 2.56 bits per heavy atom. The van der Waals surface area contributed by atoms with Gasteiger partial charge in [-0.15, -0.1) is 0 Å². The van der Waals surface area contributed by atoms with Crippen molar-refractivity contribution < 1.29 is 9.53 Å². The summed E-state index contributed by atoms with van der Waals surface area (Å²) in [6.07, 6.45) is 2.77. The van der Waals surface area contributed by atoms with Crippen LogP contribution >= 0.6 is 0 Å². The van der Waals surface area contributed by atoms with Crippen LogP contribution in [0.5, 0.6) is 5.75 Å². The van der Waals surface area contributed by atoms with Gasteiger partial charge in [0.05, 0.1) is 18.6 Å². The lowest BCUT2D eigenvalue weighted by atomic mass is 10.1. The summed E-state index contributed by atoms with van der Waals surface area (Å²) in [6, 6.07) is 17.3. The summed E-state index contributed by atoms with van der Waals surface area (Å²) >= 11 is 0. The molecule has 128 valence electrons. The van der Waals surface area contributed by atoms with E-state index in [0.717, 1.165) is 28.4 Å². The first-order chi connectivity index (χ1) is 12.2. The van der Waals surface area contributed by atoms with E-state index in [1.54, 1.807) is 6.33 Å². The van der Waals surface area contributed by atoms with Crippen molar-refractivity contribution in [3.05, 3.63) is 66.6 Å². The fourth-order valence-electron chi connectivity index (χ4n) is 2.52. The summed E-state index contributed by atoms with van der Waals surface area (Å²) in [5.74, 6) is 0.813. The predicted octanol–water partition coefficient (Wildman–Crippen LogP) is 4.18. The Hall–Kier alpha value is -3.08. The highest BCUT2D eigenvalue weighted by Crippen LogP contribution is 2.21. The van der Waals surface area contributed by atoms with Crippen LogP contribution < -0.4 is 10.1 Å². The molecule has 0 aliphatic rings. The second kappa shape index (κ2) is 8.15. The minimum Gasteiger partial charge on any atom is -0.494 e. The van der Waals surface area contributed by atoms with Gasteiger partial charge < -0.3 is 15.0 Å². The standard InChI is InChI=1S/C20H21N3O2/c1-15-20(22-14-21-15)16-9-11-17(12-10-16)23-19(24)8-5-13-25-18-6-3-2-4-7-18/h2-4,6-7,9-12,14H,5,8,13H2,1H3,(H,21,22)(H,23,24). The molecular formula is C20H21N3O2. The summed E-state index contributed by atoms with van der Waals surface area (Å²) in [7, 11) is 0. The molecule has 0 saturated carbocycles. The average molecular weight is 335 g/mol. The van der Waals surface area contributed by atoms with Crippen LogP contribution in [0.1, 0.15) is 18.5 Å². The van der Waals surface area contributed by atoms with E-state index in [-0.39, 0.29) is 5.91 Å². The zero-order valence-electron chi connectivity index (χ0n) is 14.2. The lowest BCUT2D eigenvalue weighted by molar-refractivity contribution is -0.116. The number of benzene rings is 2. The molecule has 0 saturated heterocycles. The molecule has 1 aromatic heterocycles. The van der Waals surface area contributed by atoms with Gasteiger partial charge in [0.15, 0.2) is 0 Å². The zero-order chi connectivity index (χ0) is 17.5. The van der Waals surface area contributed by atoms with Crippen LogP contribution in [0.4, 0.5) is 5.69 Å². The van der Waals surface area contributed by atoms with Crippen molar-refractivity contribution in [3.63, 3.8) is 0 Å². The van der Waals surface area contributed by atoms with Crippen molar-refractivity contribution in [1.29, 1.82) is 0 Å². The van der Waals surface area contributed by atoms with E-state index in [0.29, 0.717) is 19.4 Å². The maximum absolute atomic E-state index is 12.0. The number of amides is 1. The molecule has 1 heterocycles. The van der Waals surface area contributed by atoms with Gasteiger partial charge in [-0.1, -0.05) is 30.3 Å². The molecule has 0 unspecified atom stereocenters. The highest BCUT2D eigenvalue weighted by molar-refractivity contribution is 5.90. The Kier molecular flexibility index (Phi) is 5.46. The van der Waals surface area contributed by atoms with Gasteiger partial charge >= 0.3 is 0 Å². The number of hydrogen-bond acceptors (Lipinski definition) is 3. The van der Waals surface area contributed by atoms with Crippen molar-refractivity contribution in [2.75, 3.05) is 11.9 Å². The molecule has 0 radical (unpaired) electrons. The van der Waals surface area contributed by atoms with Gasteiger partial charge in [-0.3, -0.25) is 4.79 Å². The molecule has 2 N–H and O–H groups in total. The molecule has 0 bridgehead atoms. The number of para-hydroxylation sites is 1. The van der Waals surface area contributed by atoms with Gasteiger partial charge in [0, 0.05) is 23.4 Å². The molecule has 5 heteroatoms. The Balaban J connectivity index is 1.44. The number of aromatic amines is 1. The van der Waals surface area contributed by atoms with Gasteiger partial charge in [-0.05, 0) is 37.6 Å². The van der Waals surface area contributed by atoms with Gasteiger partial charge in [0.2, 0.25) is 5.91 Å². The molecule has 2 aromatic carbocycles. The molecule has 0 spiro atoms. The molecule has 5 nitrogen and oxygen atoms in total. The van der Waals surface area contributed by atoms with E-state index in [2.05, 4.69) is 15.3 Å².